The van der Waals surface area contributed by atoms with Gasteiger partial charge in [-0.2, -0.15) is 0 Å². The Balaban J connectivity index is 4.24. The average Bonchev–Trinajstić information content (AvgIpc) is 2.00. The maximum atomic E-state index is 3.09. The first kappa shape index (κ1) is 10.3. The molecule has 0 saturated heterocycles. The molecule has 66 valence electrons. The van der Waals surface area contributed by atoms with E-state index < -0.39 is 0 Å². The van der Waals surface area contributed by atoms with Crippen LogP contribution in [0.3, 0.4) is 0 Å². The standard InChI is InChI=1S/C9H20N2/c1-6-9(2,3)7-8(10-4)11-5/h7,10-11H,6H2,1-5H3. The van der Waals surface area contributed by atoms with Gasteiger partial charge in [0.15, 0.2) is 0 Å². The molecule has 0 spiro atoms. The summed E-state index contributed by atoms with van der Waals surface area (Å²) in [5.74, 6) is 1.09. The quantitative estimate of drug-likeness (QED) is 0.647. The predicted molar refractivity (Wildman–Crippen MR) is 50.3 cm³/mol. The molecular weight excluding hydrogens is 136 g/mol. The van der Waals surface area contributed by atoms with E-state index in [2.05, 4.69) is 37.5 Å². The van der Waals surface area contributed by atoms with Crippen molar-refractivity contribution in [2.75, 3.05) is 14.1 Å². The Morgan fingerprint density at radius 3 is 2.00 bits per heavy atom. The molecule has 0 saturated carbocycles. The lowest BCUT2D eigenvalue weighted by molar-refractivity contribution is 0.453. The van der Waals surface area contributed by atoms with Crippen LogP contribution in [0.25, 0.3) is 0 Å². The molecule has 0 amide bonds. The normalized spacial score (nSPS) is 10.6. The molecule has 0 heterocycles. The highest BCUT2D eigenvalue weighted by atomic mass is 15.0. The lowest BCUT2D eigenvalue weighted by Gasteiger charge is -2.19. The van der Waals surface area contributed by atoms with E-state index in [0.717, 1.165) is 12.2 Å². The topological polar surface area (TPSA) is 24.1 Å². The van der Waals surface area contributed by atoms with Gasteiger partial charge in [0.25, 0.3) is 0 Å². The van der Waals surface area contributed by atoms with Crippen LogP contribution in [-0.2, 0) is 0 Å². The number of rotatable bonds is 4. The van der Waals surface area contributed by atoms with Crippen molar-refractivity contribution in [1.29, 1.82) is 0 Å². The van der Waals surface area contributed by atoms with Gasteiger partial charge in [-0.1, -0.05) is 20.8 Å². The first-order valence-corrected chi connectivity index (χ1v) is 4.14. The molecule has 0 aliphatic heterocycles. The molecule has 0 bridgehead atoms. The van der Waals surface area contributed by atoms with E-state index in [1.165, 1.54) is 0 Å². The molecule has 0 aromatic rings. The summed E-state index contributed by atoms with van der Waals surface area (Å²) in [7, 11) is 3.85. The van der Waals surface area contributed by atoms with Crippen LogP contribution >= 0.6 is 0 Å². The molecule has 0 aliphatic rings. The van der Waals surface area contributed by atoms with Gasteiger partial charge in [-0.15, -0.1) is 0 Å². The summed E-state index contributed by atoms with van der Waals surface area (Å²) in [4.78, 5) is 0. The van der Waals surface area contributed by atoms with Crippen LogP contribution in [0.4, 0.5) is 0 Å². The highest BCUT2D eigenvalue weighted by Crippen LogP contribution is 2.21. The van der Waals surface area contributed by atoms with E-state index in [-0.39, 0.29) is 5.41 Å². The van der Waals surface area contributed by atoms with Gasteiger partial charge in [0.2, 0.25) is 0 Å². The zero-order valence-corrected chi connectivity index (χ0v) is 8.28. The van der Waals surface area contributed by atoms with Crippen LogP contribution in [0.15, 0.2) is 11.9 Å². The molecular formula is C9H20N2. The van der Waals surface area contributed by atoms with Crippen LogP contribution in [0, 0.1) is 5.41 Å². The van der Waals surface area contributed by atoms with Gasteiger partial charge in [0, 0.05) is 14.1 Å². The Kier molecular flexibility index (Phi) is 4.01. The third-order valence-corrected chi connectivity index (χ3v) is 1.98. The third kappa shape index (κ3) is 3.91. The first-order valence-electron chi connectivity index (χ1n) is 4.14. The first-order chi connectivity index (χ1) is 5.05. The number of hydrogen-bond acceptors (Lipinski definition) is 2. The minimum Gasteiger partial charge on any atom is -0.375 e. The fraction of sp³-hybridized carbons (Fsp3) is 0.778. The molecule has 0 fully saturated rings. The van der Waals surface area contributed by atoms with E-state index in [4.69, 9.17) is 0 Å². The average molecular weight is 156 g/mol. The van der Waals surface area contributed by atoms with Gasteiger partial charge in [-0.05, 0) is 17.9 Å². The molecule has 0 unspecified atom stereocenters. The molecule has 2 N–H and O–H groups in total. The van der Waals surface area contributed by atoms with Gasteiger partial charge >= 0.3 is 0 Å². The number of nitrogens with one attached hydrogen (secondary N) is 2. The van der Waals surface area contributed by atoms with Gasteiger partial charge in [0.05, 0.1) is 5.82 Å². The van der Waals surface area contributed by atoms with Crippen LogP contribution < -0.4 is 10.6 Å². The maximum Gasteiger partial charge on any atom is 0.0945 e. The van der Waals surface area contributed by atoms with E-state index in [0.29, 0.717) is 0 Å². The van der Waals surface area contributed by atoms with Crippen LogP contribution in [-0.4, -0.2) is 14.1 Å². The Bertz CT molecular complexity index is 130. The minimum atomic E-state index is 0.279. The molecule has 11 heavy (non-hydrogen) atoms. The van der Waals surface area contributed by atoms with Gasteiger partial charge in [0.1, 0.15) is 0 Å². The zero-order valence-electron chi connectivity index (χ0n) is 8.28. The molecule has 0 atom stereocenters. The van der Waals surface area contributed by atoms with Crippen molar-refractivity contribution in [2.24, 2.45) is 5.41 Å². The van der Waals surface area contributed by atoms with E-state index >= 15 is 0 Å². The lowest BCUT2D eigenvalue weighted by atomic mass is 9.90. The third-order valence-electron chi connectivity index (χ3n) is 1.98. The molecule has 0 radical (unpaired) electrons. The van der Waals surface area contributed by atoms with Crippen molar-refractivity contribution in [3.05, 3.63) is 11.9 Å². The Morgan fingerprint density at radius 1 is 1.27 bits per heavy atom. The van der Waals surface area contributed by atoms with E-state index in [9.17, 15) is 0 Å². The molecule has 2 nitrogen and oxygen atoms in total. The van der Waals surface area contributed by atoms with Gasteiger partial charge in [-0.25, -0.2) is 0 Å². The van der Waals surface area contributed by atoms with E-state index in [1.54, 1.807) is 0 Å². The second-order valence-corrected chi connectivity index (χ2v) is 3.40. The second kappa shape index (κ2) is 4.27. The fourth-order valence-corrected chi connectivity index (χ4v) is 0.762. The molecule has 2 heteroatoms. The maximum absolute atomic E-state index is 3.09. The van der Waals surface area contributed by atoms with Crippen molar-refractivity contribution in [3.63, 3.8) is 0 Å². The summed E-state index contributed by atoms with van der Waals surface area (Å²) in [6.07, 6.45) is 3.37. The van der Waals surface area contributed by atoms with Crippen molar-refractivity contribution < 1.29 is 0 Å². The number of hydrogen-bond donors (Lipinski definition) is 2. The monoisotopic (exact) mass is 156 g/mol. The molecule has 0 aliphatic carbocycles. The lowest BCUT2D eigenvalue weighted by Crippen LogP contribution is -2.22. The number of allylic oxidation sites excluding steroid dienone is 1. The fourth-order valence-electron chi connectivity index (χ4n) is 0.762. The molecule has 0 aromatic carbocycles. The van der Waals surface area contributed by atoms with Crippen LogP contribution in [0.5, 0.6) is 0 Å². The summed E-state index contributed by atoms with van der Waals surface area (Å²) in [6.45, 7) is 6.64. The van der Waals surface area contributed by atoms with Gasteiger partial charge in [-0.3, -0.25) is 0 Å². The highest BCUT2D eigenvalue weighted by molar-refractivity contribution is 5.02. The second-order valence-electron chi connectivity index (χ2n) is 3.40. The summed E-state index contributed by atoms with van der Waals surface area (Å²) in [5.41, 5.74) is 0.279. The Morgan fingerprint density at radius 2 is 1.73 bits per heavy atom. The summed E-state index contributed by atoms with van der Waals surface area (Å²) >= 11 is 0. The van der Waals surface area contributed by atoms with Crippen LogP contribution in [0.1, 0.15) is 27.2 Å². The Labute approximate surface area is 70.1 Å². The minimum absolute atomic E-state index is 0.279. The summed E-state index contributed by atoms with van der Waals surface area (Å²) in [5, 5.41) is 6.18. The van der Waals surface area contributed by atoms with Gasteiger partial charge < -0.3 is 10.6 Å². The van der Waals surface area contributed by atoms with Crippen molar-refractivity contribution in [2.45, 2.75) is 27.2 Å². The Hall–Kier alpha value is -0.660. The largest absolute Gasteiger partial charge is 0.375 e. The van der Waals surface area contributed by atoms with Crippen molar-refractivity contribution >= 4 is 0 Å². The molecule has 0 aromatic heterocycles. The van der Waals surface area contributed by atoms with Crippen molar-refractivity contribution in [3.8, 4) is 0 Å². The van der Waals surface area contributed by atoms with Crippen LogP contribution in [0.2, 0.25) is 0 Å². The predicted octanol–water partition coefficient (Wildman–Crippen LogP) is 1.70. The highest BCUT2D eigenvalue weighted by Gasteiger charge is 2.11. The SMILES string of the molecule is CCC(C)(C)C=C(NC)NC. The zero-order chi connectivity index (χ0) is 8.91. The molecule has 0 rings (SSSR count). The van der Waals surface area contributed by atoms with E-state index in [1.807, 2.05) is 14.1 Å². The smallest absolute Gasteiger partial charge is 0.0945 e. The summed E-state index contributed by atoms with van der Waals surface area (Å²) in [6, 6.07) is 0. The van der Waals surface area contributed by atoms with Crippen molar-refractivity contribution in [1.82, 2.24) is 10.6 Å². The summed E-state index contributed by atoms with van der Waals surface area (Å²) < 4.78 is 0.